The minimum absolute atomic E-state index is 0.279. The van der Waals surface area contributed by atoms with Crippen LogP contribution in [0.1, 0.15) is 39.5 Å². The lowest BCUT2D eigenvalue weighted by molar-refractivity contribution is 0.144. The summed E-state index contributed by atoms with van der Waals surface area (Å²) in [6.07, 6.45) is 6.94. The van der Waals surface area contributed by atoms with Crippen LogP contribution in [0.15, 0.2) is 29.2 Å². The second-order valence-corrected chi connectivity index (χ2v) is 6.54. The van der Waals surface area contributed by atoms with E-state index in [1.807, 2.05) is 0 Å². The molecule has 0 saturated heterocycles. The molecule has 0 bridgehead atoms. The molecular weight excluding hydrogens is 320 g/mol. The molecule has 0 N–H and O–H groups in total. The van der Waals surface area contributed by atoms with Gasteiger partial charge in [0.1, 0.15) is 5.75 Å². The van der Waals surface area contributed by atoms with Gasteiger partial charge in [0.2, 0.25) is 0 Å². The number of ether oxygens (including phenoxy) is 1. The third-order valence-electron chi connectivity index (χ3n) is 3.45. The summed E-state index contributed by atoms with van der Waals surface area (Å²) in [5.41, 5.74) is 0.279. The summed E-state index contributed by atoms with van der Waals surface area (Å²) in [6.45, 7) is 5.30. The van der Waals surface area contributed by atoms with Gasteiger partial charge >= 0.3 is 0 Å². The first-order valence-corrected chi connectivity index (χ1v) is 9.37. The second kappa shape index (κ2) is 8.91. The molecule has 0 aromatic heterocycles. The van der Waals surface area contributed by atoms with Crippen LogP contribution in [0.3, 0.4) is 0 Å². The number of halogens is 1. The Kier molecular flexibility index (Phi) is 7.93. The molecule has 0 spiro atoms. The molecule has 0 atom stereocenters. The smallest absolute Gasteiger partial charge is 0.119 e. The molecule has 0 aliphatic heterocycles. The van der Waals surface area contributed by atoms with Gasteiger partial charge in [-0.3, -0.25) is 0 Å². The predicted octanol–water partition coefficient (Wildman–Crippen LogP) is 5.77. The maximum atomic E-state index is 6.03. The van der Waals surface area contributed by atoms with Crippen molar-refractivity contribution in [3.8, 4) is 5.75 Å². The third kappa shape index (κ3) is 5.39. The third-order valence-corrected chi connectivity index (χ3v) is 5.38. The second-order valence-electron chi connectivity index (χ2n) is 5.10. The molecule has 0 saturated carbocycles. The number of rotatable bonds is 9. The van der Waals surface area contributed by atoms with Crippen molar-refractivity contribution < 1.29 is 4.74 Å². The van der Waals surface area contributed by atoms with Crippen molar-refractivity contribution in [2.24, 2.45) is 5.41 Å². The molecule has 108 valence electrons. The highest BCUT2D eigenvalue weighted by Crippen LogP contribution is 2.33. The largest absolute Gasteiger partial charge is 0.493 e. The summed E-state index contributed by atoms with van der Waals surface area (Å²) in [5, 5.41) is 1.02. The van der Waals surface area contributed by atoms with Crippen LogP contribution in [0, 0.1) is 5.41 Å². The van der Waals surface area contributed by atoms with Gasteiger partial charge < -0.3 is 4.74 Å². The van der Waals surface area contributed by atoms with Gasteiger partial charge in [-0.15, -0.1) is 11.8 Å². The van der Waals surface area contributed by atoms with Gasteiger partial charge in [0.05, 0.1) is 6.61 Å². The van der Waals surface area contributed by atoms with Gasteiger partial charge in [-0.2, -0.15) is 0 Å². The van der Waals surface area contributed by atoms with Crippen molar-refractivity contribution in [3.05, 3.63) is 24.3 Å². The Bertz CT molecular complexity index is 344. The highest BCUT2D eigenvalue weighted by Gasteiger charge is 2.28. The average Bonchev–Trinajstić information content (AvgIpc) is 2.46. The first-order valence-electron chi connectivity index (χ1n) is 7.02. The number of hydrogen-bond acceptors (Lipinski definition) is 2. The van der Waals surface area contributed by atoms with E-state index in [0.29, 0.717) is 0 Å². The maximum absolute atomic E-state index is 6.03. The van der Waals surface area contributed by atoms with Gasteiger partial charge in [0.25, 0.3) is 0 Å². The highest BCUT2D eigenvalue weighted by atomic mass is 79.9. The van der Waals surface area contributed by atoms with Crippen molar-refractivity contribution in [2.45, 2.75) is 44.4 Å². The molecule has 0 heterocycles. The van der Waals surface area contributed by atoms with Crippen LogP contribution >= 0.6 is 27.7 Å². The van der Waals surface area contributed by atoms with E-state index in [9.17, 15) is 0 Å². The minimum atomic E-state index is 0.279. The molecule has 0 fully saturated rings. The number of hydrogen-bond donors (Lipinski definition) is 0. The fourth-order valence-electron chi connectivity index (χ4n) is 2.41. The maximum Gasteiger partial charge on any atom is 0.119 e. The Hall–Kier alpha value is -0.150. The van der Waals surface area contributed by atoms with Gasteiger partial charge in [0, 0.05) is 15.6 Å². The molecule has 0 unspecified atom stereocenters. The zero-order chi connectivity index (χ0) is 14.1. The molecular formula is C16H25BrOS. The monoisotopic (exact) mass is 344 g/mol. The van der Waals surface area contributed by atoms with Gasteiger partial charge in [-0.05, 0) is 43.4 Å². The summed E-state index contributed by atoms with van der Waals surface area (Å²) in [4.78, 5) is 1.28. The Morgan fingerprint density at radius 3 is 2.11 bits per heavy atom. The van der Waals surface area contributed by atoms with Crippen molar-refractivity contribution >= 4 is 27.7 Å². The van der Waals surface area contributed by atoms with E-state index in [4.69, 9.17) is 4.74 Å². The molecule has 3 heteroatoms. The highest BCUT2D eigenvalue weighted by molar-refractivity contribution is 9.09. The Morgan fingerprint density at radius 1 is 1.11 bits per heavy atom. The lowest BCUT2D eigenvalue weighted by Crippen LogP contribution is -2.30. The van der Waals surface area contributed by atoms with Crippen molar-refractivity contribution in [3.63, 3.8) is 0 Å². The molecule has 1 rings (SSSR count). The van der Waals surface area contributed by atoms with Crippen LogP contribution in [0.2, 0.25) is 0 Å². The van der Waals surface area contributed by atoms with Crippen molar-refractivity contribution in [1.29, 1.82) is 0 Å². The van der Waals surface area contributed by atoms with E-state index in [1.165, 1.54) is 30.6 Å². The van der Waals surface area contributed by atoms with E-state index in [-0.39, 0.29) is 5.41 Å². The molecule has 1 nitrogen and oxygen atoms in total. The fourth-order valence-corrected chi connectivity index (χ4v) is 3.54. The summed E-state index contributed by atoms with van der Waals surface area (Å²) in [7, 11) is 0. The quantitative estimate of drug-likeness (QED) is 0.415. The molecule has 1 aromatic rings. The Balaban J connectivity index is 2.63. The summed E-state index contributed by atoms with van der Waals surface area (Å²) < 4.78 is 6.03. The fraction of sp³-hybridized carbons (Fsp3) is 0.625. The predicted molar refractivity (Wildman–Crippen MR) is 89.8 cm³/mol. The van der Waals surface area contributed by atoms with Crippen LogP contribution < -0.4 is 4.74 Å². The Morgan fingerprint density at radius 2 is 1.68 bits per heavy atom. The van der Waals surface area contributed by atoms with Crippen molar-refractivity contribution in [1.82, 2.24) is 0 Å². The zero-order valence-corrected chi connectivity index (χ0v) is 14.6. The number of alkyl halides is 1. The van der Waals surface area contributed by atoms with E-state index in [1.54, 1.807) is 11.8 Å². The van der Waals surface area contributed by atoms with E-state index in [2.05, 4.69) is 60.3 Å². The normalized spacial score (nSPS) is 11.6. The first-order chi connectivity index (χ1) is 9.19. The molecule has 0 amide bonds. The Labute approximate surface area is 130 Å². The number of benzene rings is 1. The summed E-state index contributed by atoms with van der Waals surface area (Å²) in [5.74, 6) is 0.982. The first kappa shape index (κ1) is 16.9. The van der Waals surface area contributed by atoms with E-state index < -0.39 is 0 Å². The zero-order valence-electron chi connectivity index (χ0n) is 12.2. The SMILES string of the molecule is CCCC(CBr)(CCC)COc1ccc(SC)cc1. The van der Waals surface area contributed by atoms with E-state index in [0.717, 1.165) is 17.7 Å². The minimum Gasteiger partial charge on any atom is -0.493 e. The lowest BCUT2D eigenvalue weighted by atomic mass is 9.82. The molecule has 19 heavy (non-hydrogen) atoms. The molecule has 1 aromatic carbocycles. The lowest BCUT2D eigenvalue weighted by Gasteiger charge is -2.31. The molecule has 0 aliphatic rings. The van der Waals surface area contributed by atoms with Crippen LogP contribution in [0.25, 0.3) is 0 Å². The van der Waals surface area contributed by atoms with Gasteiger partial charge in [0.15, 0.2) is 0 Å². The van der Waals surface area contributed by atoms with Crippen LogP contribution in [0.5, 0.6) is 5.75 Å². The van der Waals surface area contributed by atoms with Gasteiger partial charge in [-0.25, -0.2) is 0 Å². The van der Waals surface area contributed by atoms with Gasteiger partial charge in [-0.1, -0.05) is 42.6 Å². The summed E-state index contributed by atoms with van der Waals surface area (Å²) >= 11 is 5.45. The molecule has 0 radical (unpaired) electrons. The molecule has 0 aliphatic carbocycles. The van der Waals surface area contributed by atoms with E-state index >= 15 is 0 Å². The summed E-state index contributed by atoms with van der Waals surface area (Å²) in [6, 6.07) is 8.39. The van der Waals surface area contributed by atoms with Crippen LogP contribution in [-0.4, -0.2) is 18.2 Å². The topological polar surface area (TPSA) is 9.23 Å². The standard InChI is InChI=1S/C16H25BrOS/c1-4-10-16(12-17,11-5-2)13-18-14-6-8-15(19-3)9-7-14/h6-9H,4-5,10-13H2,1-3H3. The average molecular weight is 345 g/mol. The van der Waals surface area contributed by atoms with Crippen LogP contribution in [-0.2, 0) is 0 Å². The van der Waals surface area contributed by atoms with Crippen LogP contribution in [0.4, 0.5) is 0 Å². The number of thioether (sulfide) groups is 1. The van der Waals surface area contributed by atoms with Crippen molar-refractivity contribution in [2.75, 3.05) is 18.2 Å².